The van der Waals surface area contributed by atoms with E-state index in [9.17, 15) is 14.4 Å². The lowest BCUT2D eigenvalue weighted by Crippen LogP contribution is -2.31. The van der Waals surface area contributed by atoms with Gasteiger partial charge in [-0.3, -0.25) is 9.59 Å². The summed E-state index contributed by atoms with van der Waals surface area (Å²) < 4.78 is 5.59. The van der Waals surface area contributed by atoms with Crippen molar-refractivity contribution >= 4 is 17.7 Å². The number of rotatable bonds is 6. The number of hydrogen-bond acceptors (Lipinski definition) is 4. The van der Waals surface area contributed by atoms with Gasteiger partial charge in [0, 0.05) is 30.8 Å². The standard InChI is InChI=1S/C24H21NO4/c1-25(2)23(27)22(18-13-7-4-8-14-18)29-24(28)20-16-10-9-15-19(20)21(26)17-11-5-3-6-12-17/h3-16,22H,1-2H3/t22-/m1/s1. The predicted octanol–water partition coefficient (Wildman–Crippen LogP) is 3.90. The fourth-order valence-electron chi connectivity index (χ4n) is 2.90. The summed E-state index contributed by atoms with van der Waals surface area (Å²) in [5.74, 6) is -1.38. The van der Waals surface area contributed by atoms with Crippen molar-refractivity contribution in [3.05, 3.63) is 107 Å². The van der Waals surface area contributed by atoms with E-state index in [1.165, 1.54) is 11.0 Å². The first kappa shape index (κ1) is 20.0. The Bertz CT molecular complexity index is 1010. The highest BCUT2D eigenvalue weighted by Gasteiger charge is 2.28. The largest absolute Gasteiger partial charge is 0.444 e. The van der Waals surface area contributed by atoms with E-state index in [1.54, 1.807) is 80.8 Å². The molecule has 3 rings (SSSR count). The minimum absolute atomic E-state index is 0.119. The minimum atomic E-state index is -1.10. The third-order valence-corrected chi connectivity index (χ3v) is 4.42. The molecule has 0 spiro atoms. The van der Waals surface area contributed by atoms with Gasteiger partial charge in [-0.05, 0) is 6.07 Å². The number of nitrogens with zero attached hydrogens (tertiary/aromatic N) is 1. The second-order valence-corrected chi connectivity index (χ2v) is 6.67. The summed E-state index contributed by atoms with van der Waals surface area (Å²) >= 11 is 0. The van der Waals surface area contributed by atoms with Crippen LogP contribution in [0.2, 0.25) is 0 Å². The van der Waals surface area contributed by atoms with Gasteiger partial charge in [0.25, 0.3) is 5.91 Å². The molecular formula is C24H21NO4. The number of hydrogen-bond donors (Lipinski definition) is 0. The Hall–Kier alpha value is -3.73. The summed E-state index contributed by atoms with van der Waals surface area (Å²) in [5, 5.41) is 0. The van der Waals surface area contributed by atoms with Crippen molar-refractivity contribution in [1.82, 2.24) is 4.90 Å². The lowest BCUT2D eigenvalue weighted by Gasteiger charge is -2.21. The van der Waals surface area contributed by atoms with Crippen LogP contribution in [0.4, 0.5) is 0 Å². The van der Waals surface area contributed by atoms with Crippen LogP contribution in [-0.4, -0.2) is 36.7 Å². The van der Waals surface area contributed by atoms with Crippen LogP contribution in [-0.2, 0) is 9.53 Å². The lowest BCUT2D eigenvalue weighted by molar-refractivity contribution is -0.138. The fraction of sp³-hybridized carbons (Fsp3) is 0.125. The molecule has 29 heavy (non-hydrogen) atoms. The summed E-state index contributed by atoms with van der Waals surface area (Å²) in [6.07, 6.45) is -1.10. The number of carbonyl (C=O) groups is 3. The maximum absolute atomic E-state index is 13.0. The molecule has 0 N–H and O–H groups in total. The van der Waals surface area contributed by atoms with E-state index < -0.39 is 12.1 Å². The molecule has 5 nitrogen and oxygen atoms in total. The molecule has 0 aliphatic heterocycles. The van der Waals surface area contributed by atoms with Gasteiger partial charge in [-0.1, -0.05) is 78.9 Å². The number of benzene rings is 3. The lowest BCUT2D eigenvalue weighted by atomic mass is 9.98. The number of amides is 1. The Labute approximate surface area is 169 Å². The molecule has 146 valence electrons. The van der Waals surface area contributed by atoms with E-state index in [0.717, 1.165) is 0 Å². The van der Waals surface area contributed by atoms with Crippen molar-refractivity contribution in [1.29, 1.82) is 0 Å². The van der Waals surface area contributed by atoms with Crippen molar-refractivity contribution in [2.45, 2.75) is 6.10 Å². The zero-order valence-corrected chi connectivity index (χ0v) is 16.2. The molecule has 0 bridgehead atoms. The number of ether oxygens (including phenoxy) is 1. The maximum atomic E-state index is 13.0. The van der Waals surface area contributed by atoms with Crippen molar-refractivity contribution in [3.63, 3.8) is 0 Å². The highest BCUT2D eigenvalue weighted by atomic mass is 16.5. The molecule has 0 aliphatic carbocycles. The molecule has 0 saturated carbocycles. The van der Waals surface area contributed by atoms with Crippen LogP contribution >= 0.6 is 0 Å². The first-order valence-electron chi connectivity index (χ1n) is 9.15. The van der Waals surface area contributed by atoms with Crippen LogP contribution in [0.3, 0.4) is 0 Å². The van der Waals surface area contributed by atoms with Gasteiger partial charge in [-0.25, -0.2) is 4.79 Å². The summed E-state index contributed by atoms with van der Waals surface area (Å²) in [4.78, 5) is 39.9. The van der Waals surface area contributed by atoms with Gasteiger partial charge < -0.3 is 9.64 Å². The SMILES string of the molecule is CN(C)C(=O)[C@H](OC(=O)c1ccccc1C(=O)c1ccccc1)c1ccccc1. The normalized spacial score (nSPS) is 11.4. The van der Waals surface area contributed by atoms with E-state index in [1.807, 2.05) is 12.1 Å². The zero-order valence-electron chi connectivity index (χ0n) is 16.2. The molecule has 0 unspecified atom stereocenters. The van der Waals surface area contributed by atoms with E-state index in [2.05, 4.69) is 0 Å². The van der Waals surface area contributed by atoms with Crippen molar-refractivity contribution < 1.29 is 19.1 Å². The smallest absolute Gasteiger partial charge is 0.340 e. The summed E-state index contributed by atoms with van der Waals surface area (Å²) in [7, 11) is 3.19. The maximum Gasteiger partial charge on any atom is 0.340 e. The fourth-order valence-corrected chi connectivity index (χ4v) is 2.90. The molecule has 1 amide bonds. The van der Waals surface area contributed by atoms with E-state index >= 15 is 0 Å². The van der Waals surface area contributed by atoms with Gasteiger partial charge in [0.05, 0.1) is 5.56 Å². The quantitative estimate of drug-likeness (QED) is 0.475. The summed E-state index contributed by atoms with van der Waals surface area (Å²) in [5.41, 5.74) is 1.38. The van der Waals surface area contributed by atoms with Crippen molar-refractivity contribution in [3.8, 4) is 0 Å². The minimum Gasteiger partial charge on any atom is -0.444 e. The average Bonchev–Trinajstić information content (AvgIpc) is 2.77. The topological polar surface area (TPSA) is 63.7 Å². The second kappa shape index (κ2) is 8.97. The predicted molar refractivity (Wildman–Crippen MR) is 110 cm³/mol. The molecule has 0 fully saturated rings. The molecule has 0 radical (unpaired) electrons. The number of ketones is 1. The van der Waals surface area contributed by atoms with Gasteiger partial charge in [0.2, 0.25) is 6.10 Å². The second-order valence-electron chi connectivity index (χ2n) is 6.67. The van der Waals surface area contributed by atoms with Crippen LogP contribution < -0.4 is 0 Å². The van der Waals surface area contributed by atoms with E-state index in [0.29, 0.717) is 11.1 Å². The molecule has 0 aliphatic rings. The van der Waals surface area contributed by atoms with E-state index in [-0.39, 0.29) is 22.8 Å². The molecule has 0 heterocycles. The molecule has 0 aromatic heterocycles. The molecule has 3 aromatic carbocycles. The number of likely N-dealkylation sites (N-methyl/N-ethyl adjacent to an activating group) is 1. The van der Waals surface area contributed by atoms with Crippen LogP contribution in [0.1, 0.15) is 37.9 Å². The number of carbonyl (C=O) groups excluding carboxylic acids is 3. The Morgan fingerprint density at radius 2 is 1.24 bits per heavy atom. The molecule has 3 aromatic rings. The molecule has 5 heteroatoms. The zero-order chi connectivity index (χ0) is 20.8. The third-order valence-electron chi connectivity index (χ3n) is 4.42. The number of esters is 1. The molecule has 0 saturated heterocycles. The Morgan fingerprint density at radius 1 is 0.724 bits per heavy atom. The monoisotopic (exact) mass is 387 g/mol. The molecular weight excluding hydrogens is 366 g/mol. The van der Waals surface area contributed by atoms with Gasteiger partial charge in [0.1, 0.15) is 0 Å². The van der Waals surface area contributed by atoms with E-state index in [4.69, 9.17) is 4.74 Å². The summed E-state index contributed by atoms with van der Waals surface area (Å²) in [6.45, 7) is 0. The van der Waals surface area contributed by atoms with Crippen molar-refractivity contribution in [2.24, 2.45) is 0 Å². The van der Waals surface area contributed by atoms with Crippen LogP contribution in [0.25, 0.3) is 0 Å². The van der Waals surface area contributed by atoms with Crippen LogP contribution in [0.5, 0.6) is 0 Å². The first-order chi connectivity index (χ1) is 14.0. The van der Waals surface area contributed by atoms with Gasteiger partial charge in [-0.15, -0.1) is 0 Å². The average molecular weight is 387 g/mol. The van der Waals surface area contributed by atoms with Gasteiger partial charge in [0.15, 0.2) is 5.78 Å². The van der Waals surface area contributed by atoms with Crippen LogP contribution in [0.15, 0.2) is 84.9 Å². The third kappa shape index (κ3) is 4.58. The molecule has 1 atom stereocenters. The Kier molecular flexibility index (Phi) is 6.19. The highest BCUT2D eigenvalue weighted by molar-refractivity contribution is 6.14. The van der Waals surface area contributed by atoms with Gasteiger partial charge in [-0.2, -0.15) is 0 Å². The van der Waals surface area contributed by atoms with Crippen LogP contribution in [0, 0.1) is 0 Å². The Balaban J connectivity index is 1.94. The van der Waals surface area contributed by atoms with Crippen molar-refractivity contribution in [2.75, 3.05) is 14.1 Å². The van der Waals surface area contributed by atoms with Gasteiger partial charge >= 0.3 is 5.97 Å². The Morgan fingerprint density at radius 3 is 1.83 bits per heavy atom. The highest BCUT2D eigenvalue weighted by Crippen LogP contribution is 2.23. The summed E-state index contributed by atoms with van der Waals surface area (Å²) in [6, 6.07) is 24.0. The first-order valence-corrected chi connectivity index (χ1v) is 9.15.